The molecule has 0 unspecified atom stereocenters. The van der Waals surface area contributed by atoms with Crippen molar-refractivity contribution in [1.82, 2.24) is 88.4 Å². The largest absolute Gasteiger partial charge is 0.257 e. The van der Waals surface area contributed by atoms with Gasteiger partial charge in [0.2, 0.25) is 0 Å². The van der Waals surface area contributed by atoms with Gasteiger partial charge in [0.1, 0.15) is 0 Å². The predicted octanol–water partition coefficient (Wildman–Crippen LogP) is -8.35. The van der Waals surface area contributed by atoms with Gasteiger partial charge < -0.3 is 0 Å². The molecule has 18 heavy (non-hydrogen) atoms. The van der Waals surface area contributed by atoms with E-state index < -0.39 is 0 Å². The molecule has 0 heterocycles. The Hall–Kier alpha value is -0.680. The van der Waals surface area contributed by atoms with Crippen LogP contribution in [-0.2, 0) is 0 Å². The molecule has 0 spiro atoms. The number of nitrogens with one attached hydrogen (secondary N) is 16. The molecule has 18 N–H and O–H groups in total. The fraction of sp³-hybridized carbons (Fsp3) is 1.00. The molecule has 0 aliphatic rings. The molecule has 0 aromatic carbocycles. The Morgan fingerprint density at radius 1 is 0.444 bits per heavy atom. The SMILES string of the molecule is CNNNNNNNNNNNNNNNNN. The van der Waals surface area contributed by atoms with Gasteiger partial charge in [-0.1, -0.05) is 0 Å². The molecule has 0 amide bonds. The third-order valence-electron chi connectivity index (χ3n) is 1.01. The molecule has 17 heteroatoms. The highest BCUT2D eigenvalue weighted by atomic mass is 16.0. The molecule has 0 fully saturated rings. The van der Waals surface area contributed by atoms with Crippen molar-refractivity contribution in [3.63, 3.8) is 0 Å². The average molecular weight is 271 g/mol. The fourth-order valence-corrected chi connectivity index (χ4v) is 0.474. The zero-order valence-corrected chi connectivity index (χ0v) is 9.58. The first kappa shape index (κ1) is 17.3. The second-order valence-electron chi connectivity index (χ2n) is 2.14. The van der Waals surface area contributed by atoms with Crippen LogP contribution in [0.5, 0.6) is 0 Å². The van der Waals surface area contributed by atoms with E-state index in [4.69, 9.17) is 5.84 Å². The fourth-order valence-electron chi connectivity index (χ4n) is 0.474. The van der Waals surface area contributed by atoms with Gasteiger partial charge in [0.15, 0.2) is 0 Å². The van der Waals surface area contributed by atoms with E-state index in [1.165, 1.54) is 0 Å². The Morgan fingerprint density at radius 2 is 0.722 bits per heavy atom. The van der Waals surface area contributed by atoms with Crippen LogP contribution in [0.15, 0.2) is 0 Å². The van der Waals surface area contributed by atoms with Gasteiger partial charge in [-0.15, -0.1) is 0 Å². The first-order valence-corrected chi connectivity index (χ1v) is 4.54. The molecule has 0 saturated heterocycles. The third kappa shape index (κ3) is 15.3. The van der Waals surface area contributed by atoms with Crippen molar-refractivity contribution in [3.8, 4) is 0 Å². The van der Waals surface area contributed by atoms with Crippen molar-refractivity contribution in [2.75, 3.05) is 7.05 Å². The molecule has 0 aromatic heterocycles. The summed E-state index contributed by atoms with van der Waals surface area (Å²) in [6.07, 6.45) is 0. The zero-order chi connectivity index (χ0) is 13.3. The molecular formula is CH21N17. The van der Waals surface area contributed by atoms with Gasteiger partial charge in [-0.25, -0.2) is 5.43 Å². The molecule has 0 aliphatic heterocycles. The molecule has 0 aromatic rings. The Kier molecular flexibility index (Phi) is 15.7. The summed E-state index contributed by atoms with van der Waals surface area (Å²) in [5, 5.41) is 0. The van der Waals surface area contributed by atoms with E-state index in [1.807, 2.05) is 0 Å². The lowest BCUT2D eigenvalue weighted by atomic mass is 11.5. The maximum atomic E-state index is 4.89. The Morgan fingerprint density at radius 3 is 1.00 bits per heavy atom. The highest BCUT2D eigenvalue weighted by Gasteiger charge is 1.82. The van der Waals surface area contributed by atoms with Crippen molar-refractivity contribution in [3.05, 3.63) is 0 Å². The number of nitrogens with two attached hydrogens (primary N) is 1. The molecule has 0 rings (SSSR count). The van der Waals surface area contributed by atoms with Crippen LogP contribution in [0.3, 0.4) is 0 Å². The summed E-state index contributed by atoms with van der Waals surface area (Å²) in [6, 6.07) is 0. The minimum Gasteiger partial charge on any atom is -0.257 e. The number of hydrogen-bond acceptors (Lipinski definition) is 17. The smallest absolute Gasteiger partial charge is 0.000111 e. The minimum absolute atomic E-state index is 1.70. The first-order chi connectivity index (χ1) is 8.91. The first-order valence-electron chi connectivity index (χ1n) is 4.54. The summed E-state index contributed by atoms with van der Waals surface area (Å²) in [5.74, 6) is 4.89. The van der Waals surface area contributed by atoms with Crippen molar-refractivity contribution in [2.45, 2.75) is 0 Å². The van der Waals surface area contributed by atoms with Crippen molar-refractivity contribution < 1.29 is 0 Å². The second kappa shape index (κ2) is 16.3. The second-order valence-corrected chi connectivity index (χ2v) is 2.14. The summed E-state index contributed by atoms with van der Waals surface area (Å²) in [4.78, 5) is 0. The maximum absolute atomic E-state index is 4.89. The van der Waals surface area contributed by atoms with Gasteiger partial charge in [0, 0.05) is 0 Å². The van der Waals surface area contributed by atoms with Crippen molar-refractivity contribution in [2.24, 2.45) is 5.84 Å². The number of hydrogen-bond donors (Lipinski definition) is 17. The standard InChI is InChI=1S/CH21N17/c1-3-5-7-9-11-13-15-17-18-16-14-12-10-8-6-4-2/h3-18H,2H2,1H3. The average Bonchev–Trinajstić information content (AvgIpc) is 2.39. The Balaban J connectivity index is 2.86. The molecule has 0 saturated carbocycles. The van der Waals surface area contributed by atoms with Crippen LogP contribution in [0.25, 0.3) is 0 Å². The van der Waals surface area contributed by atoms with Crippen LogP contribution >= 0.6 is 0 Å². The lowest BCUT2D eigenvalue weighted by molar-refractivity contribution is 0.203. The van der Waals surface area contributed by atoms with E-state index in [9.17, 15) is 0 Å². The van der Waals surface area contributed by atoms with Gasteiger partial charge >= 0.3 is 0 Å². The minimum atomic E-state index is 1.70. The molecule has 0 radical (unpaired) electrons. The van der Waals surface area contributed by atoms with Crippen LogP contribution in [0.4, 0.5) is 0 Å². The molecule has 0 aliphatic carbocycles. The summed E-state index contributed by atoms with van der Waals surface area (Å²) in [7, 11) is 1.70. The van der Waals surface area contributed by atoms with Gasteiger partial charge in [0.25, 0.3) is 0 Å². The van der Waals surface area contributed by atoms with E-state index in [-0.39, 0.29) is 0 Å². The van der Waals surface area contributed by atoms with Gasteiger partial charge in [-0.05, 0) is 7.05 Å². The van der Waals surface area contributed by atoms with Crippen LogP contribution in [-0.4, -0.2) is 7.05 Å². The molecule has 0 atom stereocenters. The zero-order valence-electron chi connectivity index (χ0n) is 9.58. The molecule has 17 nitrogen and oxygen atoms in total. The van der Waals surface area contributed by atoms with Gasteiger partial charge in [-0.3, -0.25) is 5.84 Å². The van der Waals surface area contributed by atoms with E-state index >= 15 is 0 Å². The summed E-state index contributed by atoms with van der Waals surface area (Å²) < 4.78 is 0. The summed E-state index contributed by atoms with van der Waals surface area (Å²) in [6.45, 7) is 0. The third-order valence-corrected chi connectivity index (χ3v) is 1.01. The normalized spacial score (nSPS) is 11.0. The highest BCUT2D eigenvalue weighted by molar-refractivity contribution is 4.16. The van der Waals surface area contributed by atoms with Crippen molar-refractivity contribution >= 4 is 0 Å². The summed E-state index contributed by atoms with van der Waals surface area (Å²) >= 11 is 0. The van der Waals surface area contributed by atoms with E-state index in [2.05, 4.69) is 88.4 Å². The van der Waals surface area contributed by atoms with E-state index in [0.29, 0.717) is 0 Å². The van der Waals surface area contributed by atoms with Gasteiger partial charge in [-0.2, -0.15) is 83.0 Å². The van der Waals surface area contributed by atoms with Crippen LogP contribution in [0.2, 0.25) is 0 Å². The van der Waals surface area contributed by atoms with Gasteiger partial charge in [0.05, 0.1) is 0 Å². The summed E-state index contributed by atoms with van der Waals surface area (Å²) in [5.41, 5.74) is 39.4. The molecule has 0 bridgehead atoms. The van der Waals surface area contributed by atoms with Crippen LogP contribution in [0.1, 0.15) is 0 Å². The number of rotatable bonds is 15. The van der Waals surface area contributed by atoms with Crippen LogP contribution in [0, 0.1) is 0 Å². The highest BCUT2D eigenvalue weighted by Crippen LogP contribution is 1.28. The maximum Gasteiger partial charge on any atom is -0.000111 e. The quantitative estimate of drug-likeness (QED) is 0.0754. The number of hydrazine groups is 16. The Labute approximate surface area is 102 Å². The van der Waals surface area contributed by atoms with Crippen molar-refractivity contribution in [1.29, 1.82) is 0 Å². The predicted molar refractivity (Wildman–Crippen MR) is 60.3 cm³/mol. The van der Waals surface area contributed by atoms with Crippen LogP contribution < -0.4 is 94.3 Å². The van der Waals surface area contributed by atoms with E-state index in [1.54, 1.807) is 7.05 Å². The lowest BCUT2D eigenvalue weighted by Gasteiger charge is -2.14. The molecular weight excluding hydrogens is 250 g/mol. The molecule has 110 valence electrons. The monoisotopic (exact) mass is 271 g/mol. The lowest BCUT2D eigenvalue weighted by Crippen LogP contribution is -2.68. The Bertz CT molecular complexity index is 118. The topological polar surface area (TPSA) is 218 Å². The van der Waals surface area contributed by atoms with E-state index in [0.717, 1.165) is 0 Å².